The number of aryl methyl sites for hydroxylation is 2. The molecular formula is C21H35N3O. The summed E-state index contributed by atoms with van der Waals surface area (Å²) in [6.45, 7) is 12.2. The summed E-state index contributed by atoms with van der Waals surface area (Å²) in [7, 11) is 0. The van der Waals surface area contributed by atoms with Gasteiger partial charge in [0.2, 0.25) is 0 Å². The third-order valence-corrected chi connectivity index (χ3v) is 3.14. The van der Waals surface area contributed by atoms with E-state index in [1.165, 1.54) is 5.06 Å². The van der Waals surface area contributed by atoms with Crippen molar-refractivity contribution >= 4 is 0 Å². The van der Waals surface area contributed by atoms with Crippen molar-refractivity contribution in [3.8, 4) is 12.8 Å². The van der Waals surface area contributed by atoms with E-state index in [1.807, 2.05) is 70.4 Å². The van der Waals surface area contributed by atoms with Crippen LogP contribution in [0.3, 0.4) is 0 Å². The molecule has 0 amide bonds. The Balaban J connectivity index is 0. The van der Waals surface area contributed by atoms with Gasteiger partial charge in [0.05, 0.1) is 0 Å². The van der Waals surface area contributed by atoms with E-state index in [4.69, 9.17) is 0 Å². The number of terminal acetylenes is 1. The minimum absolute atomic E-state index is 0.575. The van der Waals surface area contributed by atoms with Crippen LogP contribution in [0.1, 0.15) is 52.4 Å². The molecule has 0 aliphatic heterocycles. The Bertz CT molecular complexity index is 520. The number of imidazole rings is 1. The van der Waals surface area contributed by atoms with Crippen LogP contribution in [0.15, 0.2) is 42.7 Å². The topological polar surface area (TPSA) is 41.3 Å². The Morgan fingerprint density at radius 2 is 1.68 bits per heavy atom. The van der Waals surface area contributed by atoms with Gasteiger partial charge in [-0.1, -0.05) is 65.0 Å². The summed E-state index contributed by atoms with van der Waals surface area (Å²) in [5, 5.41) is 11.2. The number of benzene rings is 1. The maximum absolute atomic E-state index is 9.87. The highest BCUT2D eigenvalue weighted by atomic mass is 16.5. The summed E-state index contributed by atoms with van der Waals surface area (Å²) in [5.41, 5.74) is 1.13. The number of hydroxylamine groups is 2. The monoisotopic (exact) mass is 345 g/mol. The van der Waals surface area contributed by atoms with Gasteiger partial charge < -0.3 is 9.77 Å². The third-order valence-electron chi connectivity index (χ3n) is 3.14. The molecule has 0 aliphatic rings. The molecule has 2 aromatic rings. The second-order valence-electron chi connectivity index (χ2n) is 4.62. The van der Waals surface area contributed by atoms with Gasteiger partial charge in [-0.15, -0.1) is 12.8 Å². The summed E-state index contributed by atoms with van der Waals surface area (Å²) < 4.78 is 2.15. The van der Waals surface area contributed by atoms with Crippen molar-refractivity contribution < 1.29 is 5.21 Å². The van der Waals surface area contributed by atoms with Gasteiger partial charge >= 0.3 is 0 Å². The smallest absolute Gasteiger partial charge is 0.108 e. The van der Waals surface area contributed by atoms with Crippen LogP contribution in [-0.4, -0.2) is 26.4 Å². The van der Waals surface area contributed by atoms with Gasteiger partial charge in [-0.2, -0.15) is 5.06 Å². The molecule has 1 heterocycles. The largest absolute Gasteiger partial charge is 0.335 e. The predicted octanol–water partition coefficient (Wildman–Crippen LogP) is 5.03. The van der Waals surface area contributed by atoms with Crippen molar-refractivity contribution in [3.05, 3.63) is 54.1 Å². The predicted molar refractivity (Wildman–Crippen MR) is 107 cm³/mol. The van der Waals surface area contributed by atoms with E-state index >= 15 is 0 Å². The Hall–Kier alpha value is -2.09. The second kappa shape index (κ2) is 18.3. The highest BCUT2D eigenvalue weighted by molar-refractivity contribution is 5.14. The molecule has 1 aromatic carbocycles. The van der Waals surface area contributed by atoms with E-state index in [9.17, 15) is 5.21 Å². The van der Waals surface area contributed by atoms with E-state index in [1.54, 1.807) is 0 Å². The normalized spacial score (nSPS) is 9.00. The quantitative estimate of drug-likeness (QED) is 0.565. The molecule has 4 nitrogen and oxygen atoms in total. The summed E-state index contributed by atoms with van der Waals surface area (Å²) in [4.78, 5) is 4.29. The van der Waals surface area contributed by atoms with Crippen molar-refractivity contribution in [1.82, 2.24) is 14.6 Å². The number of hydrogen-bond donors (Lipinski definition) is 1. The minimum atomic E-state index is 0.575. The van der Waals surface area contributed by atoms with Crippen molar-refractivity contribution in [2.75, 3.05) is 6.54 Å². The first-order valence-corrected chi connectivity index (χ1v) is 9.10. The molecule has 0 aliphatic carbocycles. The highest BCUT2D eigenvalue weighted by Crippen LogP contribution is 2.04. The molecule has 0 saturated heterocycles. The van der Waals surface area contributed by atoms with E-state index in [2.05, 4.69) is 29.3 Å². The first-order chi connectivity index (χ1) is 12.3. The Labute approximate surface area is 154 Å². The van der Waals surface area contributed by atoms with Crippen molar-refractivity contribution in [1.29, 1.82) is 0 Å². The molecule has 25 heavy (non-hydrogen) atoms. The van der Waals surface area contributed by atoms with Gasteiger partial charge in [-0.25, -0.2) is 4.98 Å². The van der Waals surface area contributed by atoms with Crippen molar-refractivity contribution in [3.63, 3.8) is 0 Å². The first kappa shape index (κ1) is 25.2. The van der Waals surface area contributed by atoms with E-state index < -0.39 is 0 Å². The number of aromatic nitrogens is 2. The number of rotatable bonds is 7. The van der Waals surface area contributed by atoms with E-state index in [0.717, 1.165) is 30.8 Å². The fraction of sp³-hybridized carbons (Fsp3) is 0.476. The molecule has 0 fully saturated rings. The van der Waals surface area contributed by atoms with Gasteiger partial charge in [0, 0.05) is 38.4 Å². The van der Waals surface area contributed by atoms with E-state index in [-0.39, 0.29) is 0 Å². The Kier molecular flexibility index (Phi) is 18.4. The average molecular weight is 346 g/mol. The second-order valence-corrected chi connectivity index (χ2v) is 4.62. The SMILES string of the molecule is C#C.CC.CC.CCc1nccn1CCCN(O)Cc1ccccc1. The minimum Gasteiger partial charge on any atom is -0.335 e. The molecule has 0 saturated carbocycles. The molecule has 1 aromatic heterocycles. The maximum Gasteiger partial charge on any atom is 0.108 e. The maximum atomic E-state index is 9.87. The molecule has 0 unspecified atom stereocenters. The highest BCUT2D eigenvalue weighted by Gasteiger charge is 2.03. The molecule has 4 heteroatoms. The molecule has 2 rings (SSSR count). The summed E-state index contributed by atoms with van der Waals surface area (Å²) in [5.74, 6) is 1.10. The van der Waals surface area contributed by atoms with E-state index in [0.29, 0.717) is 13.1 Å². The van der Waals surface area contributed by atoms with Crippen LogP contribution in [0.2, 0.25) is 0 Å². The van der Waals surface area contributed by atoms with Crippen LogP contribution >= 0.6 is 0 Å². The lowest BCUT2D eigenvalue weighted by molar-refractivity contribution is -0.100. The molecule has 0 atom stereocenters. The fourth-order valence-corrected chi connectivity index (χ4v) is 2.15. The molecular weight excluding hydrogens is 310 g/mol. The molecule has 140 valence electrons. The average Bonchev–Trinajstić information content (AvgIpc) is 3.15. The van der Waals surface area contributed by atoms with Gasteiger partial charge in [0.15, 0.2) is 0 Å². The summed E-state index contributed by atoms with van der Waals surface area (Å²) in [6.07, 6.45) is 13.7. The molecule has 0 radical (unpaired) electrons. The van der Waals surface area contributed by atoms with Gasteiger partial charge in [0.1, 0.15) is 5.82 Å². The standard InChI is InChI=1S/C15H21N3O.2C2H6.C2H2/c1-2-15-16-9-12-17(15)10-6-11-18(19)13-14-7-4-3-5-8-14;3*1-2/h3-5,7-9,12,19H,2,6,10-11,13H2,1H3;2*1-2H3;1-2H. The zero-order valence-corrected chi connectivity index (χ0v) is 16.5. The van der Waals surface area contributed by atoms with Gasteiger partial charge in [0.25, 0.3) is 0 Å². The van der Waals surface area contributed by atoms with Crippen molar-refractivity contribution in [2.24, 2.45) is 0 Å². The Morgan fingerprint density at radius 3 is 2.24 bits per heavy atom. The van der Waals surface area contributed by atoms with Gasteiger partial charge in [-0.05, 0) is 12.0 Å². The number of hydrogen-bond acceptors (Lipinski definition) is 3. The van der Waals surface area contributed by atoms with Crippen LogP contribution in [0, 0.1) is 12.8 Å². The van der Waals surface area contributed by atoms with Crippen LogP contribution in [-0.2, 0) is 19.5 Å². The molecule has 1 N–H and O–H groups in total. The van der Waals surface area contributed by atoms with Crippen LogP contribution in [0.4, 0.5) is 0 Å². The zero-order chi connectivity index (χ0) is 19.5. The number of nitrogens with zero attached hydrogens (tertiary/aromatic N) is 3. The molecule has 0 bridgehead atoms. The summed E-state index contributed by atoms with van der Waals surface area (Å²) >= 11 is 0. The van der Waals surface area contributed by atoms with Crippen LogP contribution in [0.5, 0.6) is 0 Å². The Morgan fingerprint density at radius 1 is 1.08 bits per heavy atom. The van der Waals surface area contributed by atoms with Crippen LogP contribution in [0.25, 0.3) is 0 Å². The summed E-state index contributed by atoms with van der Waals surface area (Å²) in [6, 6.07) is 10.0. The zero-order valence-electron chi connectivity index (χ0n) is 16.5. The van der Waals surface area contributed by atoms with Crippen LogP contribution < -0.4 is 0 Å². The lowest BCUT2D eigenvalue weighted by Crippen LogP contribution is -2.21. The first-order valence-electron chi connectivity index (χ1n) is 9.10. The van der Waals surface area contributed by atoms with Crippen molar-refractivity contribution in [2.45, 2.75) is 60.5 Å². The lowest BCUT2D eigenvalue weighted by Gasteiger charge is -2.15. The van der Waals surface area contributed by atoms with Gasteiger partial charge in [-0.3, -0.25) is 0 Å². The molecule has 0 spiro atoms. The third kappa shape index (κ3) is 11.1. The lowest BCUT2D eigenvalue weighted by atomic mass is 10.2. The fourth-order valence-electron chi connectivity index (χ4n) is 2.15.